The predicted octanol–water partition coefficient (Wildman–Crippen LogP) is 3.34. The third-order valence-electron chi connectivity index (χ3n) is 1.97. The number of hydrogen-bond acceptors (Lipinski definition) is 1. The van der Waals surface area contributed by atoms with Crippen molar-refractivity contribution in [3.05, 3.63) is 40.6 Å². The molecule has 0 saturated heterocycles. The zero-order valence-corrected chi connectivity index (χ0v) is 7.27. The molecule has 11 heavy (non-hydrogen) atoms. The number of rotatable bonds is 1. The van der Waals surface area contributed by atoms with Crippen LogP contribution >= 0.6 is 11.3 Å². The summed E-state index contributed by atoms with van der Waals surface area (Å²) in [5.41, 5.74) is 1.46. The lowest BCUT2D eigenvalue weighted by Crippen LogP contribution is -1.87. The molecular weight excluding hydrogens is 152 g/mol. The largest absolute Gasteiger partial charge is 0.144 e. The summed E-state index contributed by atoms with van der Waals surface area (Å²) < 4.78 is 0. The molecule has 1 atom stereocenters. The second-order valence-corrected chi connectivity index (χ2v) is 3.72. The van der Waals surface area contributed by atoms with Crippen LogP contribution in [0.2, 0.25) is 0 Å². The molecule has 1 aromatic heterocycles. The Labute approximate surface area is 70.9 Å². The fourth-order valence-electron chi connectivity index (χ4n) is 1.33. The van der Waals surface area contributed by atoms with Crippen molar-refractivity contribution >= 4 is 16.9 Å². The summed E-state index contributed by atoms with van der Waals surface area (Å²) in [7, 11) is 0. The van der Waals surface area contributed by atoms with Crippen LogP contribution in [0.4, 0.5) is 0 Å². The van der Waals surface area contributed by atoms with Crippen molar-refractivity contribution in [1.82, 2.24) is 0 Å². The van der Waals surface area contributed by atoms with Gasteiger partial charge < -0.3 is 0 Å². The van der Waals surface area contributed by atoms with Crippen LogP contribution in [0.15, 0.2) is 35.7 Å². The minimum atomic E-state index is 0.605. The molecule has 0 saturated carbocycles. The molecule has 0 aliphatic heterocycles. The summed E-state index contributed by atoms with van der Waals surface area (Å²) >= 11 is 1.82. The Bertz CT molecular complexity index is 291. The van der Waals surface area contributed by atoms with E-state index < -0.39 is 0 Å². The van der Waals surface area contributed by atoms with E-state index in [9.17, 15) is 0 Å². The first-order valence-corrected chi connectivity index (χ1v) is 4.68. The first kappa shape index (κ1) is 6.86. The third kappa shape index (κ3) is 1.16. The molecule has 0 amide bonds. The average Bonchev–Trinajstić information content (AvgIpc) is 2.55. The minimum absolute atomic E-state index is 0.605. The minimum Gasteiger partial charge on any atom is -0.144 e. The van der Waals surface area contributed by atoms with Gasteiger partial charge in [-0.25, -0.2) is 0 Å². The molecule has 0 fully saturated rings. The van der Waals surface area contributed by atoms with Crippen molar-refractivity contribution in [2.75, 3.05) is 0 Å². The van der Waals surface area contributed by atoms with Gasteiger partial charge in [-0.05, 0) is 17.0 Å². The third-order valence-corrected chi connectivity index (χ3v) is 2.89. The molecule has 1 aromatic rings. The van der Waals surface area contributed by atoms with E-state index in [2.05, 4.69) is 42.7 Å². The van der Waals surface area contributed by atoms with Crippen molar-refractivity contribution < 1.29 is 0 Å². The molecule has 2 rings (SSSR count). The van der Waals surface area contributed by atoms with Crippen molar-refractivity contribution in [1.29, 1.82) is 0 Å². The normalized spacial score (nSPS) is 22.3. The van der Waals surface area contributed by atoms with Gasteiger partial charge in [0, 0.05) is 10.8 Å². The summed E-state index contributed by atoms with van der Waals surface area (Å²) in [6.45, 7) is 2.23. The van der Waals surface area contributed by atoms with Crippen LogP contribution in [0.1, 0.15) is 11.8 Å². The standard InChI is InChI=1S/C10H10S/c1-8-4-2-5-9(8)10-6-3-7-11-10/h2-8H,1H3. The number of hydrogen-bond donors (Lipinski definition) is 0. The molecule has 1 heteroatoms. The highest BCUT2D eigenvalue weighted by Crippen LogP contribution is 2.31. The van der Waals surface area contributed by atoms with Gasteiger partial charge in [0.05, 0.1) is 0 Å². The van der Waals surface area contributed by atoms with Crippen LogP contribution in [0.3, 0.4) is 0 Å². The molecule has 1 unspecified atom stereocenters. The lowest BCUT2D eigenvalue weighted by Gasteiger charge is -2.03. The molecular formula is C10H10S. The summed E-state index contributed by atoms with van der Waals surface area (Å²) in [5, 5.41) is 2.13. The van der Waals surface area contributed by atoms with Crippen molar-refractivity contribution in [3.8, 4) is 0 Å². The van der Waals surface area contributed by atoms with Gasteiger partial charge in [0.1, 0.15) is 0 Å². The highest BCUT2D eigenvalue weighted by Gasteiger charge is 2.11. The molecule has 1 aliphatic rings. The fraction of sp³-hybridized carbons (Fsp3) is 0.200. The first-order chi connectivity index (χ1) is 5.38. The molecule has 0 N–H and O–H groups in total. The summed E-state index contributed by atoms with van der Waals surface area (Å²) in [4.78, 5) is 1.41. The molecule has 56 valence electrons. The maximum atomic E-state index is 2.23. The van der Waals surface area contributed by atoms with Crippen molar-refractivity contribution in [2.45, 2.75) is 6.92 Å². The van der Waals surface area contributed by atoms with Crippen molar-refractivity contribution in [2.24, 2.45) is 5.92 Å². The van der Waals surface area contributed by atoms with Gasteiger partial charge in [0.25, 0.3) is 0 Å². The molecule has 0 aromatic carbocycles. The smallest absolute Gasteiger partial charge is 0.0308 e. The maximum Gasteiger partial charge on any atom is 0.0308 e. The molecule has 0 bridgehead atoms. The van der Waals surface area contributed by atoms with Crippen LogP contribution in [0.25, 0.3) is 5.57 Å². The van der Waals surface area contributed by atoms with Crippen LogP contribution in [0.5, 0.6) is 0 Å². The van der Waals surface area contributed by atoms with E-state index in [-0.39, 0.29) is 0 Å². The summed E-state index contributed by atoms with van der Waals surface area (Å²) in [6, 6.07) is 4.28. The van der Waals surface area contributed by atoms with E-state index in [1.807, 2.05) is 11.3 Å². The van der Waals surface area contributed by atoms with E-state index in [4.69, 9.17) is 0 Å². The van der Waals surface area contributed by atoms with Crippen LogP contribution in [0, 0.1) is 5.92 Å². The van der Waals surface area contributed by atoms with Crippen molar-refractivity contribution in [3.63, 3.8) is 0 Å². The fourth-order valence-corrected chi connectivity index (χ4v) is 2.18. The highest BCUT2D eigenvalue weighted by molar-refractivity contribution is 7.11. The zero-order chi connectivity index (χ0) is 7.68. The van der Waals surface area contributed by atoms with Gasteiger partial charge >= 0.3 is 0 Å². The van der Waals surface area contributed by atoms with Gasteiger partial charge in [-0.2, -0.15) is 0 Å². The quantitative estimate of drug-likeness (QED) is 0.594. The molecule has 0 nitrogen and oxygen atoms in total. The van der Waals surface area contributed by atoms with Gasteiger partial charge in [0.15, 0.2) is 0 Å². The SMILES string of the molecule is CC1C=CC=C1c1cccs1. The second kappa shape index (κ2) is 2.67. The number of allylic oxidation sites excluding steroid dienone is 4. The number of thiophene rings is 1. The Hall–Kier alpha value is -0.820. The van der Waals surface area contributed by atoms with Gasteiger partial charge in [-0.1, -0.05) is 31.2 Å². The van der Waals surface area contributed by atoms with Crippen LogP contribution < -0.4 is 0 Å². The maximum absolute atomic E-state index is 2.23. The zero-order valence-electron chi connectivity index (χ0n) is 6.45. The Morgan fingerprint density at radius 2 is 2.36 bits per heavy atom. The molecule has 0 spiro atoms. The predicted molar refractivity (Wildman–Crippen MR) is 50.6 cm³/mol. The van der Waals surface area contributed by atoms with E-state index in [1.54, 1.807) is 0 Å². The summed E-state index contributed by atoms with van der Waals surface area (Å²) in [5.74, 6) is 0.605. The lowest BCUT2D eigenvalue weighted by molar-refractivity contribution is 0.985. The van der Waals surface area contributed by atoms with E-state index in [0.29, 0.717) is 5.92 Å². The van der Waals surface area contributed by atoms with Gasteiger partial charge in [0.2, 0.25) is 0 Å². The van der Waals surface area contributed by atoms with E-state index in [1.165, 1.54) is 10.5 Å². The molecule has 1 heterocycles. The van der Waals surface area contributed by atoms with E-state index in [0.717, 1.165) is 0 Å². The second-order valence-electron chi connectivity index (χ2n) is 2.77. The molecule has 1 aliphatic carbocycles. The van der Waals surface area contributed by atoms with Gasteiger partial charge in [-0.15, -0.1) is 11.3 Å². The lowest BCUT2D eigenvalue weighted by atomic mass is 10.0. The van der Waals surface area contributed by atoms with E-state index >= 15 is 0 Å². The average molecular weight is 162 g/mol. The Balaban J connectivity index is 2.33. The Morgan fingerprint density at radius 1 is 1.45 bits per heavy atom. The van der Waals surface area contributed by atoms with Crippen LogP contribution in [-0.4, -0.2) is 0 Å². The first-order valence-electron chi connectivity index (χ1n) is 3.80. The summed E-state index contributed by atoms with van der Waals surface area (Å²) in [6.07, 6.45) is 6.57. The highest BCUT2D eigenvalue weighted by atomic mass is 32.1. The Kier molecular flexibility index (Phi) is 1.66. The monoisotopic (exact) mass is 162 g/mol. The topological polar surface area (TPSA) is 0 Å². The molecule has 0 radical (unpaired) electrons. The van der Waals surface area contributed by atoms with Gasteiger partial charge in [-0.3, -0.25) is 0 Å². The Morgan fingerprint density at radius 3 is 2.91 bits per heavy atom. The van der Waals surface area contributed by atoms with Crippen LogP contribution in [-0.2, 0) is 0 Å².